The van der Waals surface area contributed by atoms with E-state index in [1.165, 1.54) is 12.3 Å². The minimum atomic E-state index is -0.288. The first-order valence-electron chi connectivity index (χ1n) is 4.67. The molecule has 0 aromatic carbocycles. The first kappa shape index (κ1) is 10.9. The van der Waals surface area contributed by atoms with Crippen LogP contribution in [0, 0.1) is 5.82 Å². The van der Waals surface area contributed by atoms with E-state index in [1.54, 1.807) is 0 Å². The van der Waals surface area contributed by atoms with Gasteiger partial charge in [0.05, 0.1) is 6.20 Å². The largest absolute Gasteiger partial charge is 0.362 e. The first-order valence-corrected chi connectivity index (χ1v) is 4.67. The van der Waals surface area contributed by atoms with Crippen molar-refractivity contribution in [3.63, 3.8) is 0 Å². The molecule has 1 heterocycles. The Morgan fingerprint density at radius 1 is 1.50 bits per heavy atom. The molecule has 0 aliphatic rings. The highest BCUT2D eigenvalue weighted by atomic mass is 19.1. The lowest BCUT2D eigenvalue weighted by molar-refractivity contribution is 0.614. The summed E-state index contributed by atoms with van der Waals surface area (Å²) in [5.74, 6) is 0.524. The fourth-order valence-electron chi connectivity index (χ4n) is 1.27. The molecule has 3 nitrogen and oxygen atoms in total. The van der Waals surface area contributed by atoms with E-state index in [0.29, 0.717) is 6.54 Å². The van der Waals surface area contributed by atoms with Crippen molar-refractivity contribution in [2.24, 2.45) is 0 Å². The maximum atomic E-state index is 12.9. The van der Waals surface area contributed by atoms with Crippen LogP contribution >= 0.6 is 0 Å². The van der Waals surface area contributed by atoms with E-state index in [0.717, 1.165) is 17.9 Å². The van der Waals surface area contributed by atoms with Crippen molar-refractivity contribution in [3.8, 4) is 0 Å². The molecule has 0 saturated carbocycles. The van der Waals surface area contributed by atoms with Gasteiger partial charge in [-0.05, 0) is 12.6 Å². The summed E-state index contributed by atoms with van der Waals surface area (Å²) in [6.07, 6.45) is 1.24. The van der Waals surface area contributed by atoms with Crippen LogP contribution in [-0.2, 0) is 6.54 Å². The van der Waals surface area contributed by atoms with E-state index in [9.17, 15) is 4.39 Å². The van der Waals surface area contributed by atoms with E-state index < -0.39 is 0 Å². The van der Waals surface area contributed by atoms with E-state index in [1.807, 2.05) is 25.9 Å². The van der Waals surface area contributed by atoms with Crippen LogP contribution in [0.2, 0.25) is 0 Å². The first-order chi connectivity index (χ1) is 6.65. The number of anilines is 1. The molecule has 0 radical (unpaired) electrons. The van der Waals surface area contributed by atoms with Crippen LogP contribution in [0.15, 0.2) is 12.3 Å². The second-order valence-corrected chi connectivity index (χ2v) is 3.31. The molecule has 0 aliphatic carbocycles. The molecular formula is C10H16FN3. The van der Waals surface area contributed by atoms with Crippen LogP contribution in [0.4, 0.5) is 10.2 Å². The van der Waals surface area contributed by atoms with Gasteiger partial charge in [0.1, 0.15) is 11.6 Å². The molecular weight excluding hydrogens is 181 g/mol. The molecule has 14 heavy (non-hydrogen) atoms. The lowest BCUT2D eigenvalue weighted by Gasteiger charge is -2.16. The van der Waals surface area contributed by atoms with Crippen LogP contribution < -0.4 is 10.2 Å². The monoisotopic (exact) mass is 197 g/mol. The number of rotatable bonds is 4. The molecule has 4 heteroatoms. The van der Waals surface area contributed by atoms with Gasteiger partial charge in [-0.2, -0.15) is 0 Å². The van der Waals surface area contributed by atoms with Gasteiger partial charge < -0.3 is 10.2 Å². The number of halogens is 1. The SMILES string of the molecule is CCNCc1cc(F)cnc1N(C)C. The molecule has 0 saturated heterocycles. The average Bonchev–Trinajstić information content (AvgIpc) is 2.14. The summed E-state index contributed by atoms with van der Waals surface area (Å²) in [4.78, 5) is 5.92. The van der Waals surface area contributed by atoms with Gasteiger partial charge in [0, 0.05) is 26.2 Å². The smallest absolute Gasteiger partial charge is 0.141 e. The predicted molar refractivity (Wildman–Crippen MR) is 55.9 cm³/mol. The van der Waals surface area contributed by atoms with E-state index in [-0.39, 0.29) is 5.82 Å². The summed E-state index contributed by atoms with van der Waals surface area (Å²) in [6.45, 7) is 3.53. The average molecular weight is 197 g/mol. The summed E-state index contributed by atoms with van der Waals surface area (Å²) in [5, 5.41) is 3.15. The summed E-state index contributed by atoms with van der Waals surface area (Å²) in [5.41, 5.74) is 0.886. The third-order valence-electron chi connectivity index (χ3n) is 1.90. The van der Waals surface area contributed by atoms with Crippen molar-refractivity contribution in [2.75, 3.05) is 25.5 Å². The number of hydrogen-bond donors (Lipinski definition) is 1. The lowest BCUT2D eigenvalue weighted by atomic mass is 10.2. The van der Waals surface area contributed by atoms with Gasteiger partial charge in [0.2, 0.25) is 0 Å². The van der Waals surface area contributed by atoms with Crippen LogP contribution in [-0.4, -0.2) is 25.6 Å². The van der Waals surface area contributed by atoms with Gasteiger partial charge in [0.15, 0.2) is 0 Å². The van der Waals surface area contributed by atoms with Crippen LogP contribution in [0.25, 0.3) is 0 Å². The van der Waals surface area contributed by atoms with Gasteiger partial charge in [-0.15, -0.1) is 0 Å². The Labute approximate surface area is 84.0 Å². The van der Waals surface area contributed by atoms with Crippen molar-refractivity contribution < 1.29 is 4.39 Å². The predicted octanol–water partition coefficient (Wildman–Crippen LogP) is 1.40. The summed E-state index contributed by atoms with van der Waals surface area (Å²) < 4.78 is 12.9. The third kappa shape index (κ3) is 2.67. The Bertz CT molecular complexity index is 299. The van der Waals surface area contributed by atoms with Crippen LogP contribution in [0.1, 0.15) is 12.5 Å². The molecule has 78 valence electrons. The molecule has 0 atom stereocenters. The van der Waals surface area contributed by atoms with E-state index >= 15 is 0 Å². The second-order valence-electron chi connectivity index (χ2n) is 3.31. The van der Waals surface area contributed by atoms with Crippen molar-refractivity contribution in [2.45, 2.75) is 13.5 Å². The maximum Gasteiger partial charge on any atom is 0.141 e. The Hall–Kier alpha value is -1.16. The van der Waals surface area contributed by atoms with Gasteiger partial charge in [0.25, 0.3) is 0 Å². The Morgan fingerprint density at radius 2 is 2.21 bits per heavy atom. The van der Waals surface area contributed by atoms with Gasteiger partial charge >= 0.3 is 0 Å². The Balaban J connectivity index is 2.91. The second kappa shape index (κ2) is 4.91. The molecule has 1 aromatic rings. The van der Waals surface area contributed by atoms with Crippen molar-refractivity contribution >= 4 is 5.82 Å². The molecule has 0 aliphatic heterocycles. The van der Waals surface area contributed by atoms with Gasteiger partial charge in [-0.25, -0.2) is 9.37 Å². The summed E-state index contributed by atoms with van der Waals surface area (Å²) in [6, 6.07) is 1.52. The molecule has 0 bridgehead atoms. The molecule has 0 fully saturated rings. The molecule has 1 N–H and O–H groups in total. The number of hydrogen-bond acceptors (Lipinski definition) is 3. The van der Waals surface area contributed by atoms with Crippen LogP contribution in [0.5, 0.6) is 0 Å². The fourth-order valence-corrected chi connectivity index (χ4v) is 1.27. The minimum Gasteiger partial charge on any atom is -0.362 e. The molecule has 0 unspecified atom stereocenters. The van der Waals surface area contributed by atoms with Crippen LogP contribution in [0.3, 0.4) is 0 Å². The summed E-state index contributed by atoms with van der Waals surface area (Å²) in [7, 11) is 3.80. The molecule has 0 spiro atoms. The topological polar surface area (TPSA) is 28.2 Å². The Kier molecular flexibility index (Phi) is 3.83. The Morgan fingerprint density at radius 3 is 2.79 bits per heavy atom. The standard InChI is InChI=1S/C10H16FN3/c1-4-12-6-8-5-9(11)7-13-10(8)14(2)3/h5,7,12H,4,6H2,1-3H3. The number of nitrogens with zero attached hydrogens (tertiary/aromatic N) is 2. The fraction of sp³-hybridized carbons (Fsp3) is 0.500. The maximum absolute atomic E-state index is 12.9. The zero-order valence-corrected chi connectivity index (χ0v) is 8.84. The molecule has 0 amide bonds. The number of nitrogens with one attached hydrogen (secondary N) is 1. The van der Waals surface area contributed by atoms with E-state index in [2.05, 4.69) is 10.3 Å². The number of pyridine rings is 1. The van der Waals surface area contributed by atoms with Crippen molar-refractivity contribution in [1.82, 2.24) is 10.3 Å². The van der Waals surface area contributed by atoms with Gasteiger partial charge in [-0.3, -0.25) is 0 Å². The van der Waals surface area contributed by atoms with Crippen molar-refractivity contribution in [1.29, 1.82) is 0 Å². The normalized spacial score (nSPS) is 10.3. The zero-order valence-electron chi connectivity index (χ0n) is 8.84. The minimum absolute atomic E-state index is 0.288. The quantitative estimate of drug-likeness (QED) is 0.790. The highest BCUT2D eigenvalue weighted by Crippen LogP contribution is 2.15. The van der Waals surface area contributed by atoms with Crippen molar-refractivity contribution in [3.05, 3.63) is 23.6 Å². The van der Waals surface area contributed by atoms with Gasteiger partial charge in [-0.1, -0.05) is 6.92 Å². The number of aromatic nitrogens is 1. The zero-order chi connectivity index (χ0) is 10.6. The lowest BCUT2D eigenvalue weighted by Crippen LogP contribution is -2.18. The molecule has 1 rings (SSSR count). The highest BCUT2D eigenvalue weighted by Gasteiger charge is 2.06. The summed E-state index contributed by atoms with van der Waals surface area (Å²) >= 11 is 0. The highest BCUT2D eigenvalue weighted by molar-refractivity contribution is 5.45. The van der Waals surface area contributed by atoms with E-state index in [4.69, 9.17) is 0 Å². The third-order valence-corrected chi connectivity index (χ3v) is 1.90. The molecule has 1 aromatic heterocycles.